The molecule has 2 rings (SSSR count). The maximum absolute atomic E-state index is 12.8. The van der Waals surface area contributed by atoms with Gasteiger partial charge >= 0.3 is 0 Å². The highest BCUT2D eigenvalue weighted by atomic mass is 32.2. The van der Waals surface area contributed by atoms with Crippen molar-refractivity contribution in [3.8, 4) is 11.5 Å². The molecule has 2 aromatic carbocycles. The molecule has 7 nitrogen and oxygen atoms in total. The zero-order valence-corrected chi connectivity index (χ0v) is 16.5. The summed E-state index contributed by atoms with van der Waals surface area (Å²) in [5.41, 5.74) is 0.296. The molecule has 9 heteroatoms. The highest BCUT2D eigenvalue weighted by molar-refractivity contribution is 7.92. The molecule has 0 bridgehead atoms. The molecule has 0 aliphatic carbocycles. The molecule has 0 saturated heterocycles. The predicted octanol–water partition coefficient (Wildman–Crippen LogP) is 2.19. The molecule has 28 heavy (non-hydrogen) atoms. The largest absolute Gasteiger partial charge is 0.492 e. The molecular formula is C19H23FN2O5S. The molecular weight excluding hydrogens is 387 g/mol. The molecule has 0 saturated carbocycles. The van der Waals surface area contributed by atoms with Crippen molar-refractivity contribution in [2.45, 2.75) is 6.92 Å². The van der Waals surface area contributed by atoms with E-state index in [1.807, 2.05) is 0 Å². The second-order valence-corrected chi connectivity index (χ2v) is 7.73. The van der Waals surface area contributed by atoms with Crippen LogP contribution in [0.5, 0.6) is 11.5 Å². The number of nitrogens with one attached hydrogen (secondary N) is 1. The third kappa shape index (κ3) is 6.41. The standard InChI is InChI=1S/C19H23FN2O5S/c1-3-26-18-7-5-4-6-17(18)22(28(2,24)25)14-19(23)21-12-13-27-16-10-8-15(20)9-11-16/h4-11H,3,12-14H2,1-2H3,(H,21,23). The minimum atomic E-state index is -3.71. The van der Waals surface area contributed by atoms with E-state index in [1.54, 1.807) is 31.2 Å². The lowest BCUT2D eigenvalue weighted by atomic mass is 10.3. The average Bonchev–Trinajstić information content (AvgIpc) is 2.65. The zero-order chi connectivity index (χ0) is 20.6. The third-order valence-electron chi connectivity index (χ3n) is 3.63. The number of benzene rings is 2. The number of sulfonamides is 1. The maximum Gasteiger partial charge on any atom is 0.240 e. The van der Waals surface area contributed by atoms with Gasteiger partial charge in [-0.05, 0) is 43.3 Å². The number of amides is 1. The van der Waals surface area contributed by atoms with Gasteiger partial charge < -0.3 is 14.8 Å². The lowest BCUT2D eigenvalue weighted by Crippen LogP contribution is -2.41. The van der Waals surface area contributed by atoms with Gasteiger partial charge in [0.25, 0.3) is 0 Å². The lowest BCUT2D eigenvalue weighted by molar-refractivity contribution is -0.119. The quantitative estimate of drug-likeness (QED) is 0.607. The molecule has 0 spiro atoms. The number of para-hydroxylation sites is 2. The first-order valence-electron chi connectivity index (χ1n) is 8.66. The number of hydrogen-bond donors (Lipinski definition) is 1. The number of anilines is 1. The smallest absolute Gasteiger partial charge is 0.240 e. The molecule has 0 heterocycles. The summed E-state index contributed by atoms with van der Waals surface area (Å²) in [7, 11) is -3.71. The molecule has 1 amide bonds. The minimum Gasteiger partial charge on any atom is -0.492 e. The average molecular weight is 410 g/mol. The Labute approximate surface area is 164 Å². The van der Waals surface area contributed by atoms with Crippen molar-refractivity contribution in [2.24, 2.45) is 0 Å². The number of carbonyl (C=O) groups excluding carboxylic acids is 1. The Morgan fingerprint density at radius 1 is 1.11 bits per heavy atom. The summed E-state index contributed by atoms with van der Waals surface area (Å²) >= 11 is 0. The molecule has 0 aromatic heterocycles. The van der Waals surface area contributed by atoms with Crippen LogP contribution in [0.3, 0.4) is 0 Å². The zero-order valence-electron chi connectivity index (χ0n) is 15.7. The van der Waals surface area contributed by atoms with Gasteiger partial charge in [-0.25, -0.2) is 12.8 Å². The Balaban J connectivity index is 1.95. The van der Waals surface area contributed by atoms with Gasteiger partial charge in [-0.1, -0.05) is 12.1 Å². The molecule has 2 aromatic rings. The van der Waals surface area contributed by atoms with E-state index < -0.39 is 15.9 Å². The fourth-order valence-corrected chi connectivity index (χ4v) is 3.26. The van der Waals surface area contributed by atoms with E-state index >= 15 is 0 Å². The van der Waals surface area contributed by atoms with Gasteiger partial charge in [0, 0.05) is 0 Å². The van der Waals surface area contributed by atoms with Crippen molar-refractivity contribution in [1.82, 2.24) is 5.32 Å². The van der Waals surface area contributed by atoms with Crippen LogP contribution in [0.1, 0.15) is 6.92 Å². The van der Waals surface area contributed by atoms with Crippen molar-refractivity contribution in [3.05, 3.63) is 54.3 Å². The summed E-state index contributed by atoms with van der Waals surface area (Å²) in [5, 5.41) is 2.60. The van der Waals surface area contributed by atoms with Crippen LogP contribution >= 0.6 is 0 Å². The van der Waals surface area contributed by atoms with E-state index in [2.05, 4.69) is 5.32 Å². The summed E-state index contributed by atoms with van der Waals surface area (Å²) in [4.78, 5) is 12.2. The van der Waals surface area contributed by atoms with Gasteiger partial charge in [-0.2, -0.15) is 0 Å². The molecule has 0 unspecified atom stereocenters. The van der Waals surface area contributed by atoms with Crippen LogP contribution in [0.15, 0.2) is 48.5 Å². The van der Waals surface area contributed by atoms with E-state index in [1.165, 1.54) is 24.3 Å². The molecule has 152 valence electrons. The normalized spacial score (nSPS) is 11.0. The Hall–Kier alpha value is -2.81. The number of carbonyl (C=O) groups is 1. The first-order chi connectivity index (χ1) is 13.3. The van der Waals surface area contributed by atoms with E-state index in [0.29, 0.717) is 23.8 Å². The fraction of sp³-hybridized carbons (Fsp3) is 0.316. The van der Waals surface area contributed by atoms with Crippen molar-refractivity contribution in [1.29, 1.82) is 0 Å². The predicted molar refractivity (Wildman–Crippen MR) is 105 cm³/mol. The second-order valence-electron chi connectivity index (χ2n) is 5.82. The molecule has 0 fully saturated rings. The number of rotatable bonds is 10. The number of ether oxygens (including phenoxy) is 2. The van der Waals surface area contributed by atoms with Gasteiger partial charge in [0.05, 0.1) is 25.1 Å². The van der Waals surface area contributed by atoms with Crippen LogP contribution in [-0.2, 0) is 14.8 Å². The molecule has 0 aliphatic rings. The van der Waals surface area contributed by atoms with Crippen LogP contribution in [0.2, 0.25) is 0 Å². The fourth-order valence-electron chi connectivity index (χ4n) is 2.40. The van der Waals surface area contributed by atoms with Gasteiger partial charge in [-0.3, -0.25) is 9.10 Å². The van der Waals surface area contributed by atoms with Crippen LogP contribution in [0, 0.1) is 5.82 Å². The number of nitrogens with zero attached hydrogens (tertiary/aromatic N) is 1. The Morgan fingerprint density at radius 3 is 2.43 bits per heavy atom. The van der Waals surface area contributed by atoms with Crippen molar-refractivity contribution < 1.29 is 27.1 Å². The monoisotopic (exact) mass is 410 g/mol. The Kier molecular flexibility index (Phi) is 7.62. The van der Waals surface area contributed by atoms with Crippen LogP contribution < -0.4 is 19.1 Å². The van der Waals surface area contributed by atoms with E-state index in [-0.39, 0.29) is 25.5 Å². The Bertz CT molecular complexity index is 887. The summed E-state index contributed by atoms with van der Waals surface area (Å²) in [6.07, 6.45) is 1.03. The van der Waals surface area contributed by atoms with Crippen molar-refractivity contribution >= 4 is 21.6 Å². The summed E-state index contributed by atoms with van der Waals surface area (Å²) in [6, 6.07) is 12.1. The second kappa shape index (κ2) is 9.93. The van der Waals surface area contributed by atoms with Crippen LogP contribution in [-0.4, -0.2) is 46.9 Å². The molecule has 0 aliphatic heterocycles. The Morgan fingerprint density at radius 2 is 1.79 bits per heavy atom. The SMILES string of the molecule is CCOc1ccccc1N(CC(=O)NCCOc1ccc(F)cc1)S(C)(=O)=O. The minimum absolute atomic E-state index is 0.159. The summed E-state index contributed by atoms with van der Waals surface area (Å²) < 4.78 is 49.1. The topological polar surface area (TPSA) is 84.9 Å². The summed E-state index contributed by atoms with van der Waals surface area (Å²) in [5.74, 6) is -0.00444. The van der Waals surface area contributed by atoms with Gasteiger partial charge in [0.2, 0.25) is 15.9 Å². The number of hydrogen-bond acceptors (Lipinski definition) is 5. The highest BCUT2D eigenvalue weighted by Gasteiger charge is 2.23. The lowest BCUT2D eigenvalue weighted by Gasteiger charge is -2.24. The first-order valence-corrected chi connectivity index (χ1v) is 10.5. The van der Waals surface area contributed by atoms with Crippen molar-refractivity contribution in [2.75, 3.05) is 36.9 Å². The van der Waals surface area contributed by atoms with E-state index in [9.17, 15) is 17.6 Å². The first kappa shape index (κ1) is 21.5. The van der Waals surface area contributed by atoms with E-state index in [0.717, 1.165) is 10.6 Å². The molecule has 1 N–H and O–H groups in total. The molecule has 0 atom stereocenters. The van der Waals surface area contributed by atoms with Gasteiger partial charge in [0.1, 0.15) is 30.5 Å². The van der Waals surface area contributed by atoms with Crippen molar-refractivity contribution in [3.63, 3.8) is 0 Å². The highest BCUT2D eigenvalue weighted by Crippen LogP contribution is 2.29. The van der Waals surface area contributed by atoms with Gasteiger partial charge in [-0.15, -0.1) is 0 Å². The summed E-state index contributed by atoms with van der Waals surface area (Å²) in [6.45, 7) is 2.09. The van der Waals surface area contributed by atoms with Gasteiger partial charge in [0.15, 0.2) is 0 Å². The van der Waals surface area contributed by atoms with Crippen LogP contribution in [0.25, 0.3) is 0 Å². The number of halogens is 1. The van der Waals surface area contributed by atoms with Crippen LogP contribution in [0.4, 0.5) is 10.1 Å². The molecule has 0 radical (unpaired) electrons. The van der Waals surface area contributed by atoms with E-state index in [4.69, 9.17) is 9.47 Å². The maximum atomic E-state index is 12.8. The third-order valence-corrected chi connectivity index (χ3v) is 4.75.